The van der Waals surface area contributed by atoms with Gasteiger partial charge in [0.05, 0.1) is 6.20 Å². The lowest BCUT2D eigenvalue weighted by molar-refractivity contribution is -0.139. The van der Waals surface area contributed by atoms with Gasteiger partial charge in [-0.15, -0.1) is 0 Å². The summed E-state index contributed by atoms with van der Waals surface area (Å²) in [6.45, 7) is 0.952. The number of benzene rings is 1. The third-order valence-electron chi connectivity index (χ3n) is 7.51. The fourth-order valence-electron chi connectivity index (χ4n) is 4.90. The van der Waals surface area contributed by atoms with E-state index in [1.54, 1.807) is 29.2 Å². The molecule has 1 aliphatic carbocycles. The van der Waals surface area contributed by atoms with Gasteiger partial charge in [0.1, 0.15) is 24.2 Å². The molecule has 3 aromatic rings. The van der Waals surface area contributed by atoms with Gasteiger partial charge in [0, 0.05) is 37.1 Å². The molecule has 0 radical (unpaired) electrons. The highest BCUT2D eigenvalue weighted by Crippen LogP contribution is 2.52. The number of nitrogens with zero attached hydrogens (tertiary/aromatic N) is 6. The summed E-state index contributed by atoms with van der Waals surface area (Å²) in [6, 6.07) is 7.62. The molecule has 200 valence electrons. The van der Waals surface area contributed by atoms with Crippen LogP contribution in [0, 0.1) is 5.41 Å². The lowest BCUT2D eigenvalue weighted by Crippen LogP contribution is -2.53. The van der Waals surface area contributed by atoms with Gasteiger partial charge in [0.2, 0.25) is 5.91 Å². The molecule has 2 saturated heterocycles. The lowest BCUT2D eigenvalue weighted by Gasteiger charge is -2.40. The molecule has 0 atom stereocenters. The first kappa shape index (κ1) is 25.0. The Morgan fingerprint density at radius 2 is 1.82 bits per heavy atom. The van der Waals surface area contributed by atoms with Gasteiger partial charge in [-0.05, 0) is 36.6 Å². The minimum atomic E-state index is -0.680. The van der Waals surface area contributed by atoms with Crippen molar-refractivity contribution in [2.75, 3.05) is 31.6 Å². The number of likely N-dealkylation sites (N-methyl/N-ethyl adjacent to an activating group) is 1. The number of imide groups is 1. The summed E-state index contributed by atoms with van der Waals surface area (Å²) in [7, 11) is 1.37. The number of carbonyl (C=O) groups is 4. The van der Waals surface area contributed by atoms with E-state index in [0.29, 0.717) is 18.1 Å². The van der Waals surface area contributed by atoms with Gasteiger partial charge in [-0.3, -0.25) is 33.5 Å². The zero-order valence-electron chi connectivity index (χ0n) is 21.0. The summed E-state index contributed by atoms with van der Waals surface area (Å²) < 4.78 is 1.15. The summed E-state index contributed by atoms with van der Waals surface area (Å²) in [5.41, 5.74) is 0.347. The van der Waals surface area contributed by atoms with Crippen LogP contribution in [0.25, 0.3) is 11.2 Å². The van der Waals surface area contributed by atoms with E-state index < -0.39 is 23.4 Å². The number of hydrogen-bond acceptors (Lipinski definition) is 7. The maximum absolute atomic E-state index is 13.5. The molecule has 12 nitrogen and oxygen atoms in total. The molecule has 1 saturated carbocycles. The first-order valence-electron chi connectivity index (χ1n) is 12.4. The van der Waals surface area contributed by atoms with Crippen molar-refractivity contribution in [3.8, 4) is 0 Å². The number of anilines is 1. The predicted molar refractivity (Wildman–Crippen MR) is 140 cm³/mol. The Morgan fingerprint density at radius 3 is 2.46 bits per heavy atom. The zero-order chi connectivity index (χ0) is 27.5. The normalized spacial score (nSPS) is 17.6. The van der Waals surface area contributed by atoms with Crippen molar-refractivity contribution in [1.82, 2.24) is 29.7 Å². The van der Waals surface area contributed by atoms with E-state index in [4.69, 9.17) is 11.6 Å². The van der Waals surface area contributed by atoms with Gasteiger partial charge in [-0.1, -0.05) is 23.7 Å². The number of halogens is 1. The van der Waals surface area contributed by atoms with Crippen LogP contribution in [0.3, 0.4) is 0 Å². The summed E-state index contributed by atoms with van der Waals surface area (Å²) >= 11 is 5.93. The maximum atomic E-state index is 13.5. The molecule has 1 spiro atoms. The van der Waals surface area contributed by atoms with Crippen molar-refractivity contribution >= 4 is 52.3 Å². The van der Waals surface area contributed by atoms with Gasteiger partial charge in [0.25, 0.3) is 17.4 Å². The molecule has 4 heterocycles. The lowest BCUT2D eigenvalue weighted by atomic mass is 9.97. The third kappa shape index (κ3) is 4.50. The molecule has 13 heteroatoms. The van der Waals surface area contributed by atoms with Crippen LogP contribution in [0.5, 0.6) is 0 Å². The highest BCUT2D eigenvalue weighted by molar-refractivity contribution is 6.30. The van der Waals surface area contributed by atoms with E-state index in [0.717, 1.165) is 32.8 Å². The molecule has 0 unspecified atom stereocenters. The van der Waals surface area contributed by atoms with Gasteiger partial charge in [-0.25, -0.2) is 14.8 Å². The molecule has 0 bridgehead atoms. The van der Waals surface area contributed by atoms with E-state index in [2.05, 4.69) is 15.3 Å². The van der Waals surface area contributed by atoms with Crippen LogP contribution in [0.15, 0.2) is 41.3 Å². The molecule has 2 aromatic heterocycles. The average Bonchev–Trinajstić information content (AvgIpc) is 3.67. The molecule has 5 amide bonds. The summed E-state index contributed by atoms with van der Waals surface area (Å²) in [6.07, 6.45) is 3.48. The molecular formula is C26H24ClN7O5. The van der Waals surface area contributed by atoms with Crippen LogP contribution >= 0.6 is 11.6 Å². The van der Waals surface area contributed by atoms with Gasteiger partial charge in [-0.2, -0.15) is 0 Å². The quantitative estimate of drug-likeness (QED) is 0.459. The van der Waals surface area contributed by atoms with Crippen molar-refractivity contribution in [2.24, 2.45) is 5.41 Å². The van der Waals surface area contributed by atoms with Crippen LogP contribution in [0.1, 0.15) is 28.8 Å². The molecule has 39 heavy (non-hydrogen) atoms. The third-order valence-corrected chi connectivity index (χ3v) is 7.76. The fourth-order valence-corrected chi connectivity index (χ4v) is 5.02. The second-order valence-electron chi connectivity index (χ2n) is 10.3. The maximum Gasteiger partial charge on any atom is 0.332 e. The SMILES string of the molecule is CN1C(=O)CN(c2cnc3c(cc(C(=O)NCc4ccc(Cl)cc4)c(=O)n3CC(=O)N3CC4(CC4)C3)n2)C1=O. The van der Waals surface area contributed by atoms with Crippen LogP contribution in [-0.4, -0.2) is 74.8 Å². The number of amides is 5. The summed E-state index contributed by atoms with van der Waals surface area (Å²) in [5, 5.41) is 3.27. The van der Waals surface area contributed by atoms with Crippen molar-refractivity contribution in [3.05, 3.63) is 63.0 Å². The van der Waals surface area contributed by atoms with Gasteiger partial charge in [0.15, 0.2) is 11.5 Å². The number of pyridine rings is 1. The topological polar surface area (TPSA) is 138 Å². The number of rotatable bonds is 6. The first-order chi connectivity index (χ1) is 18.6. The number of nitrogens with one attached hydrogen (secondary N) is 1. The van der Waals surface area contributed by atoms with Crippen LogP contribution < -0.4 is 15.8 Å². The number of hydrogen-bond donors (Lipinski definition) is 1. The number of fused-ring (bicyclic) bond motifs is 1. The number of carbonyl (C=O) groups excluding carboxylic acids is 4. The second-order valence-corrected chi connectivity index (χ2v) is 10.7. The monoisotopic (exact) mass is 549 g/mol. The van der Waals surface area contributed by atoms with Crippen molar-refractivity contribution < 1.29 is 19.2 Å². The van der Waals surface area contributed by atoms with E-state index in [1.165, 1.54) is 19.3 Å². The highest BCUT2D eigenvalue weighted by Gasteiger charge is 2.53. The summed E-state index contributed by atoms with van der Waals surface area (Å²) in [4.78, 5) is 76.8. The average molecular weight is 550 g/mol. The highest BCUT2D eigenvalue weighted by atomic mass is 35.5. The van der Waals surface area contributed by atoms with Crippen LogP contribution in [0.2, 0.25) is 5.02 Å². The van der Waals surface area contributed by atoms with E-state index >= 15 is 0 Å². The second kappa shape index (κ2) is 9.16. The molecule has 1 N–H and O–H groups in total. The van der Waals surface area contributed by atoms with Crippen LogP contribution in [-0.2, 0) is 22.7 Å². The molecule has 3 fully saturated rings. The Kier molecular flexibility index (Phi) is 5.87. The molecular weight excluding hydrogens is 526 g/mol. The molecule has 6 rings (SSSR count). The Balaban J connectivity index is 1.35. The molecule has 2 aliphatic heterocycles. The predicted octanol–water partition coefficient (Wildman–Crippen LogP) is 1.40. The summed E-state index contributed by atoms with van der Waals surface area (Å²) in [5.74, 6) is -1.21. The first-order valence-corrected chi connectivity index (χ1v) is 12.8. The fraction of sp³-hybridized carbons (Fsp3) is 0.346. The number of likely N-dealkylation sites (tertiary alicyclic amines) is 1. The van der Waals surface area contributed by atoms with Crippen molar-refractivity contribution in [1.29, 1.82) is 0 Å². The number of aromatic nitrogens is 3. The van der Waals surface area contributed by atoms with Gasteiger partial charge < -0.3 is 10.2 Å². The Bertz CT molecular complexity index is 1610. The Labute approximate surface area is 227 Å². The van der Waals surface area contributed by atoms with Crippen molar-refractivity contribution in [2.45, 2.75) is 25.9 Å². The zero-order valence-corrected chi connectivity index (χ0v) is 21.8. The van der Waals surface area contributed by atoms with Crippen molar-refractivity contribution in [3.63, 3.8) is 0 Å². The Morgan fingerprint density at radius 1 is 1.10 bits per heavy atom. The molecule has 1 aromatic carbocycles. The van der Waals surface area contributed by atoms with Crippen LogP contribution in [0.4, 0.5) is 10.6 Å². The van der Waals surface area contributed by atoms with Gasteiger partial charge >= 0.3 is 6.03 Å². The number of urea groups is 1. The van der Waals surface area contributed by atoms with E-state index in [-0.39, 0.29) is 53.5 Å². The largest absolute Gasteiger partial charge is 0.348 e. The van der Waals surface area contributed by atoms with E-state index in [9.17, 15) is 24.0 Å². The minimum Gasteiger partial charge on any atom is -0.348 e. The smallest absolute Gasteiger partial charge is 0.332 e. The standard InChI is InChI=1S/C26H24ClN7O5/c1-31-20(35)11-33(25(31)39)19-10-28-22-18(30-19)8-17(23(37)29-9-15-2-4-16(27)5-3-15)24(38)34(22)12-21(36)32-13-26(14-32)6-7-26/h2-5,8,10H,6-7,9,11-14H2,1H3,(H,29,37). The molecule has 3 aliphatic rings. The Hall–Kier alpha value is -4.32. The van der Waals surface area contributed by atoms with E-state index in [1.807, 2.05) is 0 Å². The minimum absolute atomic E-state index is 0.0904.